The molecule has 3 aromatic rings. The van der Waals surface area contributed by atoms with E-state index in [1.807, 2.05) is 38.1 Å². The molecule has 1 saturated heterocycles. The number of amides is 2. The average molecular weight is 525 g/mol. The quantitative estimate of drug-likeness (QED) is 0.228. The van der Waals surface area contributed by atoms with Gasteiger partial charge < -0.3 is 21.1 Å². The highest BCUT2D eigenvalue weighted by Crippen LogP contribution is 2.69. The zero-order valence-electron chi connectivity index (χ0n) is 21.7. The summed E-state index contributed by atoms with van der Waals surface area (Å²) in [5, 5.41) is 16.6. The van der Waals surface area contributed by atoms with Gasteiger partial charge in [0.1, 0.15) is 5.70 Å². The molecule has 1 fully saturated rings. The van der Waals surface area contributed by atoms with Gasteiger partial charge in [-0.15, -0.1) is 6.58 Å². The summed E-state index contributed by atoms with van der Waals surface area (Å²) in [6, 6.07) is 14.5. The van der Waals surface area contributed by atoms with Crippen molar-refractivity contribution in [1.82, 2.24) is 20.2 Å². The fraction of sp³-hybridized carbons (Fsp3) is 0.207. The Morgan fingerprint density at radius 3 is 2.54 bits per heavy atom. The van der Waals surface area contributed by atoms with Gasteiger partial charge in [0.2, 0.25) is 5.79 Å². The fourth-order valence-corrected chi connectivity index (χ4v) is 6.57. The number of aromatic nitrogens is 2. The summed E-state index contributed by atoms with van der Waals surface area (Å²) in [6.45, 7) is 8.04. The molecule has 0 saturated carbocycles. The van der Waals surface area contributed by atoms with E-state index in [-0.39, 0.29) is 11.3 Å². The van der Waals surface area contributed by atoms with E-state index in [0.29, 0.717) is 28.2 Å². The normalized spacial score (nSPS) is 25.1. The number of nitrogen functional groups attached to an aromatic ring is 1. The number of nitrogens with zero attached hydrogens (tertiary/aromatic N) is 3. The maximum atomic E-state index is 14.3. The van der Waals surface area contributed by atoms with Crippen molar-refractivity contribution in [3.05, 3.63) is 102 Å². The molecule has 2 aromatic carbocycles. The number of rotatable bonds is 5. The molecule has 1 spiro atoms. The molecular weight excluding hydrogens is 496 g/mol. The van der Waals surface area contributed by atoms with Crippen LogP contribution in [0.1, 0.15) is 30.7 Å². The molecule has 198 valence electrons. The number of aliphatic hydroxyl groups excluding tert-OH is 1. The van der Waals surface area contributed by atoms with Crippen LogP contribution in [0.4, 0.5) is 11.4 Å². The highest BCUT2D eigenvalue weighted by Gasteiger charge is 2.79. The van der Waals surface area contributed by atoms with Crippen LogP contribution >= 0.6 is 0 Å². The zero-order valence-corrected chi connectivity index (χ0v) is 21.7. The predicted molar refractivity (Wildman–Crippen MR) is 146 cm³/mol. The topological polar surface area (TPSA) is 137 Å². The standard InChI is InChI=1S/C29H28N6O4/c1-5-27(2,3)28-19-11-7-9-13-21(19)35(39-4)29(28)33-25(37)22(14-17-15-31-16-32-17)34(29)26(38)24(36)23(28)18-10-6-8-12-20(18)30/h5-16,36H,1,30H2,2-4H3,(H,31,32)(H,33,37)/b22-14-/t28-,29+/m1/s1. The first-order chi connectivity index (χ1) is 18.7. The number of para-hydroxylation sites is 2. The maximum absolute atomic E-state index is 14.3. The van der Waals surface area contributed by atoms with Crippen LogP contribution in [0.15, 0.2) is 85.2 Å². The van der Waals surface area contributed by atoms with Gasteiger partial charge in [0.05, 0.1) is 36.4 Å². The van der Waals surface area contributed by atoms with Crippen LogP contribution in [0.3, 0.4) is 0 Å². The predicted octanol–water partition coefficient (Wildman–Crippen LogP) is 3.46. The van der Waals surface area contributed by atoms with Crippen LogP contribution in [0.5, 0.6) is 0 Å². The number of benzene rings is 2. The number of nitrogens with one attached hydrogen (secondary N) is 2. The van der Waals surface area contributed by atoms with E-state index in [4.69, 9.17) is 10.6 Å². The van der Waals surface area contributed by atoms with Crippen molar-refractivity contribution in [3.8, 4) is 0 Å². The van der Waals surface area contributed by atoms with E-state index in [1.54, 1.807) is 30.3 Å². The maximum Gasteiger partial charge on any atom is 0.297 e. The number of hydrogen-bond acceptors (Lipinski definition) is 7. The number of carbonyl (C=O) groups excluding carboxylic acids is 2. The van der Waals surface area contributed by atoms with Gasteiger partial charge >= 0.3 is 0 Å². The van der Waals surface area contributed by atoms with Crippen molar-refractivity contribution in [3.63, 3.8) is 0 Å². The molecule has 2 amide bonds. The van der Waals surface area contributed by atoms with Crippen molar-refractivity contribution in [2.45, 2.75) is 25.0 Å². The minimum absolute atomic E-state index is 0.00924. The van der Waals surface area contributed by atoms with E-state index in [0.717, 1.165) is 0 Å². The number of carbonyl (C=O) groups is 2. The summed E-state index contributed by atoms with van der Waals surface area (Å²) in [5.74, 6) is -3.54. The number of H-pyrrole nitrogens is 1. The summed E-state index contributed by atoms with van der Waals surface area (Å²) in [5.41, 5.74) is 7.14. The summed E-state index contributed by atoms with van der Waals surface area (Å²) < 4.78 is 0. The van der Waals surface area contributed by atoms with Crippen LogP contribution in [0.25, 0.3) is 11.6 Å². The number of anilines is 2. The molecular formula is C29H28N6O4. The number of fused-ring (bicyclic) bond motifs is 2. The molecule has 39 heavy (non-hydrogen) atoms. The SMILES string of the molecule is C=CC(C)(C)[C@@]12C(c3ccccc3N)=C(O)C(=O)N3/C(=C\c4cnc[nH]4)C(=O)N[C@]31N(OC)c1ccccc12. The number of aromatic amines is 1. The molecule has 3 aliphatic heterocycles. The van der Waals surface area contributed by atoms with E-state index in [2.05, 4.69) is 21.9 Å². The Hall–Kier alpha value is -4.83. The van der Waals surface area contributed by atoms with Crippen LogP contribution in [-0.2, 0) is 19.8 Å². The lowest BCUT2D eigenvalue weighted by molar-refractivity contribution is -0.143. The van der Waals surface area contributed by atoms with Gasteiger partial charge in [-0.05, 0) is 23.8 Å². The van der Waals surface area contributed by atoms with E-state index in [9.17, 15) is 14.7 Å². The van der Waals surface area contributed by atoms with Crippen molar-refractivity contribution in [2.24, 2.45) is 5.41 Å². The number of nitrogens with two attached hydrogens (primary N) is 1. The molecule has 1 aromatic heterocycles. The molecule has 2 atom stereocenters. The Bertz CT molecular complexity index is 1610. The van der Waals surface area contributed by atoms with Gasteiger partial charge in [-0.1, -0.05) is 56.3 Å². The van der Waals surface area contributed by atoms with Gasteiger partial charge in [0.25, 0.3) is 11.8 Å². The Labute approximate surface area is 225 Å². The van der Waals surface area contributed by atoms with Gasteiger partial charge in [-0.25, -0.2) is 10.0 Å². The molecule has 0 unspecified atom stereocenters. The van der Waals surface area contributed by atoms with Crippen LogP contribution in [0.2, 0.25) is 0 Å². The summed E-state index contributed by atoms with van der Waals surface area (Å²) in [7, 11) is 1.47. The van der Waals surface area contributed by atoms with Crippen molar-refractivity contribution < 1.29 is 19.5 Å². The number of aliphatic hydroxyl groups is 1. The van der Waals surface area contributed by atoms with Gasteiger partial charge in [-0.2, -0.15) is 0 Å². The van der Waals surface area contributed by atoms with E-state index < -0.39 is 34.2 Å². The smallest absolute Gasteiger partial charge is 0.297 e. The minimum atomic E-state index is -1.69. The van der Waals surface area contributed by atoms with E-state index in [1.165, 1.54) is 35.7 Å². The Balaban J connectivity index is 1.84. The van der Waals surface area contributed by atoms with Crippen molar-refractivity contribution >= 4 is 34.8 Å². The second-order valence-corrected chi connectivity index (χ2v) is 10.3. The molecule has 10 nitrogen and oxygen atoms in total. The van der Waals surface area contributed by atoms with Crippen molar-refractivity contribution in [1.29, 1.82) is 0 Å². The summed E-state index contributed by atoms with van der Waals surface area (Å²) >= 11 is 0. The minimum Gasteiger partial charge on any atom is -0.503 e. The lowest BCUT2D eigenvalue weighted by Crippen LogP contribution is -2.77. The Kier molecular flexibility index (Phi) is 5.08. The average Bonchev–Trinajstić information content (AvgIpc) is 3.60. The number of allylic oxidation sites excluding steroid dienone is 1. The molecule has 5 N–H and O–H groups in total. The first kappa shape index (κ1) is 24.5. The fourth-order valence-electron chi connectivity index (χ4n) is 6.57. The summed E-state index contributed by atoms with van der Waals surface area (Å²) in [6.07, 6.45) is 6.28. The molecule has 4 heterocycles. The van der Waals surface area contributed by atoms with E-state index >= 15 is 0 Å². The van der Waals surface area contributed by atoms with Crippen LogP contribution in [-0.4, -0.2) is 44.7 Å². The molecule has 0 bridgehead atoms. The lowest BCUT2D eigenvalue weighted by atomic mass is 9.52. The van der Waals surface area contributed by atoms with Gasteiger partial charge in [-0.3, -0.25) is 19.3 Å². The highest BCUT2D eigenvalue weighted by atomic mass is 16.7. The molecule has 6 rings (SSSR count). The second kappa shape index (κ2) is 8.08. The molecule has 0 aliphatic carbocycles. The second-order valence-electron chi connectivity index (χ2n) is 10.3. The van der Waals surface area contributed by atoms with Crippen molar-refractivity contribution in [2.75, 3.05) is 17.9 Å². The summed E-state index contributed by atoms with van der Waals surface area (Å²) in [4.78, 5) is 42.5. The first-order valence-electron chi connectivity index (χ1n) is 12.4. The zero-order chi connectivity index (χ0) is 27.7. The Morgan fingerprint density at radius 1 is 1.15 bits per heavy atom. The molecule has 0 radical (unpaired) electrons. The van der Waals surface area contributed by atoms with Gasteiger partial charge in [0.15, 0.2) is 5.76 Å². The lowest BCUT2D eigenvalue weighted by Gasteiger charge is -2.59. The Morgan fingerprint density at radius 2 is 1.87 bits per heavy atom. The largest absolute Gasteiger partial charge is 0.503 e. The third-order valence-corrected chi connectivity index (χ3v) is 8.15. The number of imidazole rings is 1. The number of hydroxylamine groups is 1. The molecule has 3 aliphatic rings. The highest BCUT2D eigenvalue weighted by molar-refractivity contribution is 6.15. The van der Waals surface area contributed by atoms with Gasteiger partial charge in [0, 0.05) is 22.2 Å². The first-order valence-corrected chi connectivity index (χ1v) is 12.4. The van der Waals surface area contributed by atoms with Crippen LogP contribution < -0.4 is 16.1 Å². The monoisotopic (exact) mass is 524 g/mol. The molecule has 10 heteroatoms. The van der Waals surface area contributed by atoms with Crippen LogP contribution in [0, 0.1) is 5.41 Å². The third kappa shape index (κ3) is 2.75. The third-order valence-electron chi connectivity index (χ3n) is 8.15. The number of hydrogen-bond donors (Lipinski definition) is 4.